The van der Waals surface area contributed by atoms with Crippen LogP contribution >= 0.6 is 11.3 Å². The van der Waals surface area contributed by atoms with Crippen LogP contribution < -0.4 is 20.0 Å². The molecule has 1 unspecified atom stereocenters. The molecule has 166 valence electrons. The van der Waals surface area contributed by atoms with Crippen LogP contribution in [0.5, 0.6) is 0 Å². The number of thiazole rings is 1. The van der Waals surface area contributed by atoms with E-state index in [1.165, 1.54) is 11.3 Å². The van der Waals surface area contributed by atoms with Crippen molar-refractivity contribution in [2.24, 2.45) is 0 Å². The van der Waals surface area contributed by atoms with Crippen molar-refractivity contribution in [2.75, 3.05) is 47.2 Å². The van der Waals surface area contributed by atoms with Crippen molar-refractivity contribution in [1.29, 1.82) is 0 Å². The number of anilines is 4. The van der Waals surface area contributed by atoms with Gasteiger partial charge in [-0.15, -0.1) is 11.3 Å². The number of aromatic nitrogens is 2. The summed E-state index contributed by atoms with van der Waals surface area (Å²) >= 11 is 1.51. The normalized spacial score (nSPS) is 17.2. The van der Waals surface area contributed by atoms with Crippen LogP contribution in [0.25, 0.3) is 11.3 Å². The SMILES string of the molecule is Cc1nc(NC(=O)N2c3nc(-c4cccc(N(C)C)c4)ccc3N3CCCC2C3)sc1C. The summed E-state index contributed by atoms with van der Waals surface area (Å²) in [5, 5.41) is 3.67. The first kappa shape index (κ1) is 20.8. The Balaban J connectivity index is 1.54. The van der Waals surface area contributed by atoms with Crippen molar-refractivity contribution >= 4 is 39.7 Å². The number of nitrogens with zero attached hydrogens (tertiary/aromatic N) is 5. The number of fused-ring (bicyclic) bond motifs is 4. The van der Waals surface area contributed by atoms with Gasteiger partial charge in [0, 0.05) is 43.3 Å². The molecule has 1 saturated heterocycles. The van der Waals surface area contributed by atoms with Crippen LogP contribution in [0.15, 0.2) is 36.4 Å². The Kier molecular flexibility index (Phi) is 5.25. The Bertz CT molecular complexity index is 1150. The van der Waals surface area contributed by atoms with Crippen LogP contribution in [0, 0.1) is 13.8 Å². The first-order valence-electron chi connectivity index (χ1n) is 11.0. The molecule has 2 amide bonds. The summed E-state index contributed by atoms with van der Waals surface area (Å²) in [6.45, 7) is 5.83. The van der Waals surface area contributed by atoms with Crippen molar-refractivity contribution in [3.8, 4) is 11.3 Å². The second-order valence-electron chi connectivity index (χ2n) is 8.69. The monoisotopic (exact) mass is 448 g/mol. The minimum atomic E-state index is -0.154. The predicted octanol–water partition coefficient (Wildman–Crippen LogP) is 4.91. The molecule has 1 aromatic carbocycles. The molecule has 1 N–H and O–H groups in total. The zero-order chi connectivity index (χ0) is 22.4. The number of nitrogens with one attached hydrogen (secondary N) is 1. The average molecular weight is 449 g/mol. The topological polar surface area (TPSA) is 64.6 Å². The number of carbonyl (C=O) groups excluding carboxylic acids is 1. The van der Waals surface area contributed by atoms with Gasteiger partial charge in [-0.05, 0) is 51.0 Å². The van der Waals surface area contributed by atoms with E-state index in [4.69, 9.17) is 4.98 Å². The number of benzene rings is 1. The molecule has 1 atom stereocenters. The van der Waals surface area contributed by atoms with Gasteiger partial charge in [0.2, 0.25) is 0 Å². The maximum Gasteiger partial charge on any atom is 0.329 e. The van der Waals surface area contributed by atoms with E-state index in [9.17, 15) is 4.79 Å². The first-order valence-corrected chi connectivity index (χ1v) is 11.8. The van der Waals surface area contributed by atoms with Gasteiger partial charge in [0.05, 0.1) is 23.1 Å². The maximum atomic E-state index is 13.5. The molecule has 0 spiro atoms. The van der Waals surface area contributed by atoms with Crippen LogP contribution in [-0.4, -0.2) is 49.2 Å². The summed E-state index contributed by atoms with van der Waals surface area (Å²) in [6.07, 6.45) is 2.04. The van der Waals surface area contributed by atoms with Gasteiger partial charge in [0.1, 0.15) is 0 Å². The zero-order valence-corrected chi connectivity index (χ0v) is 19.7. The van der Waals surface area contributed by atoms with Crippen LogP contribution in [0.1, 0.15) is 23.4 Å². The molecule has 2 aliphatic rings. The molecular weight excluding hydrogens is 420 g/mol. The molecule has 2 aromatic heterocycles. The number of hydrogen-bond donors (Lipinski definition) is 1. The minimum Gasteiger partial charge on any atom is -0.378 e. The minimum absolute atomic E-state index is 0.106. The molecule has 8 heteroatoms. The fourth-order valence-electron chi connectivity index (χ4n) is 4.47. The van der Waals surface area contributed by atoms with E-state index in [1.807, 2.05) is 38.9 Å². The Morgan fingerprint density at radius 3 is 2.78 bits per heavy atom. The third kappa shape index (κ3) is 3.68. The molecule has 4 heterocycles. The molecule has 32 heavy (non-hydrogen) atoms. The van der Waals surface area contributed by atoms with Crippen molar-refractivity contribution in [1.82, 2.24) is 9.97 Å². The predicted molar refractivity (Wildman–Crippen MR) is 132 cm³/mol. The van der Waals surface area contributed by atoms with Gasteiger partial charge in [0.15, 0.2) is 10.9 Å². The summed E-state index contributed by atoms with van der Waals surface area (Å²) < 4.78 is 0. The molecule has 7 nitrogen and oxygen atoms in total. The zero-order valence-electron chi connectivity index (χ0n) is 18.9. The van der Waals surface area contributed by atoms with Gasteiger partial charge in [-0.3, -0.25) is 10.2 Å². The number of urea groups is 1. The van der Waals surface area contributed by atoms with Gasteiger partial charge in [0.25, 0.3) is 0 Å². The molecule has 1 fully saturated rings. The lowest BCUT2D eigenvalue weighted by Crippen LogP contribution is -2.56. The molecule has 0 radical (unpaired) electrons. The Morgan fingerprint density at radius 2 is 2.03 bits per heavy atom. The fourth-order valence-corrected chi connectivity index (χ4v) is 5.27. The van der Waals surface area contributed by atoms with Gasteiger partial charge in [-0.2, -0.15) is 0 Å². The quantitative estimate of drug-likeness (QED) is 0.617. The number of aryl methyl sites for hydroxylation is 2. The molecule has 0 saturated carbocycles. The number of carbonyl (C=O) groups is 1. The Hall–Kier alpha value is -3.13. The van der Waals surface area contributed by atoms with Crippen molar-refractivity contribution in [3.63, 3.8) is 0 Å². The number of piperidine rings is 1. The Labute approximate surface area is 192 Å². The highest BCUT2D eigenvalue weighted by molar-refractivity contribution is 7.15. The van der Waals surface area contributed by atoms with Gasteiger partial charge < -0.3 is 9.80 Å². The maximum absolute atomic E-state index is 13.5. The van der Waals surface area contributed by atoms with E-state index in [0.29, 0.717) is 5.13 Å². The lowest BCUT2D eigenvalue weighted by molar-refractivity contribution is 0.252. The van der Waals surface area contributed by atoms with Crippen molar-refractivity contribution in [3.05, 3.63) is 47.0 Å². The molecule has 3 aromatic rings. The third-order valence-corrected chi connectivity index (χ3v) is 7.29. The smallest absolute Gasteiger partial charge is 0.329 e. The van der Waals surface area contributed by atoms with Crippen LogP contribution in [0.4, 0.5) is 27.1 Å². The van der Waals surface area contributed by atoms with Gasteiger partial charge in [-0.25, -0.2) is 14.8 Å². The summed E-state index contributed by atoms with van der Waals surface area (Å²) in [6, 6.07) is 12.4. The summed E-state index contributed by atoms with van der Waals surface area (Å²) in [7, 11) is 4.06. The summed E-state index contributed by atoms with van der Waals surface area (Å²) in [5.41, 5.74) is 5.00. The van der Waals surface area contributed by atoms with E-state index in [-0.39, 0.29) is 12.1 Å². The first-order chi connectivity index (χ1) is 15.4. The lowest BCUT2D eigenvalue weighted by atomic mass is 9.99. The third-order valence-electron chi connectivity index (χ3n) is 6.30. The summed E-state index contributed by atoms with van der Waals surface area (Å²) in [4.78, 5) is 30.4. The van der Waals surface area contributed by atoms with Gasteiger partial charge >= 0.3 is 6.03 Å². The number of hydrogen-bond acceptors (Lipinski definition) is 6. The standard InChI is InChI=1S/C24H28N6OS/c1-15-16(2)32-23(25-15)27-24(31)30-19-9-6-12-29(14-19)21-11-10-20(26-22(21)30)17-7-5-8-18(13-17)28(3)4/h5,7-8,10-11,13,19H,6,9,12,14H2,1-4H3,(H,25,27,31). The van der Waals surface area contributed by atoms with E-state index in [1.54, 1.807) is 0 Å². The second kappa shape index (κ2) is 8.09. The number of pyridine rings is 1. The van der Waals surface area contributed by atoms with E-state index in [0.717, 1.165) is 65.0 Å². The molecular formula is C24H28N6OS. The molecule has 2 aliphatic heterocycles. The number of amides is 2. The highest BCUT2D eigenvalue weighted by atomic mass is 32.1. The van der Waals surface area contributed by atoms with Gasteiger partial charge in [-0.1, -0.05) is 12.1 Å². The van der Waals surface area contributed by atoms with Crippen LogP contribution in [0.2, 0.25) is 0 Å². The fraction of sp³-hybridized carbons (Fsp3) is 0.375. The largest absolute Gasteiger partial charge is 0.378 e. The highest BCUT2D eigenvalue weighted by Gasteiger charge is 2.38. The highest BCUT2D eigenvalue weighted by Crippen LogP contribution is 2.40. The lowest BCUT2D eigenvalue weighted by Gasteiger charge is -2.45. The van der Waals surface area contributed by atoms with Crippen molar-refractivity contribution < 1.29 is 4.79 Å². The molecule has 2 bridgehead atoms. The van der Waals surface area contributed by atoms with Crippen LogP contribution in [0.3, 0.4) is 0 Å². The van der Waals surface area contributed by atoms with E-state index >= 15 is 0 Å². The van der Waals surface area contributed by atoms with Crippen LogP contribution in [-0.2, 0) is 0 Å². The molecule has 0 aliphatic carbocycles. The second-order valence-corrected chi connectivity index (χ2v) is 9.89. The number of rotatable bonds is 3. The molecule has 5 rings (SSSR count). The average Bonchev–Trinajstić information content (AvgIpc) is 3.10. The summed E-state index contributed by atoms with van der Waals surface area (Å²) in [5.74, 6) is 0.733. The van der Waals surface area contributed by atoms with Crippen molar-refractivity contribution in [2.45, 2.75) is 32.7 Å². The van der Waals surface area contributed by atoms with E-state index in [2.05, 4.69) is 50.4 Å². The Morgan fingerprint density at radius 1 is 1.19 bits per heavy atom. The van der Waals surface area contributed by atoms with E-state index < -0.39 is 0 Å².